The first-order valence-corrected chi connectivity index (χ1v) is 20.7. The second-order valence-corrected chi connectivity index (χ2v) is 16.6. The van der Waals surface area contributed by atoms with Crippen molar-refractivity contribution in [3.8, 4) is 0 Å². The molecule has 0 aliphatic rings. The minimum atomic E-state index is -6.13. The summed E-state index contributed by atoms with van der Waals surface area (Å²) in [4.78, 5) is 34.0. The quantitative estimate of drug-likeness (QED) is 0.0651. The highest BCUT2D eigenvalue weighted by molar-refractivity contribution is 7.20. The molecule has 5 aromatic carbocycles. The van der Waals surface area contributed by atoms with E-state index in [0.29, 0.717) is 5.56 Å². The lowest BCUT2D eigenvalue weighted by Crippen LogP contribution is -2.75. The van der Waals surface area contributed by atoms with Gasteiger partial charge in [0.2, 0.25) is 12.3 Å². The molecule has 0 saturated carbocycles. The molecule has 0 aliphatic heterocycles. The lowest BCUT2D eigenvalue weighted by Gasteiger charge is -2.46. The van der Waals surface area contributed by atoms with Crippen LogP contribution in [0.3, 0.4) is 0 Å². The standard InChI is InChI=1S/C32H12BF24.C15H11NO5/c34-25(35,36)13-1-14(26(37,38)39)6-21(5-13)33(22-7-15(27(40,41)42)2-16(8-22)28(43,44)45,23-9-17(29(46,47)48)3-18(10-23)30(49,50)51)24-11-19(31(52,53)54)4-20(12-24)32(55,56)57;17-13(10-4-2-1-3-5-10)9-16-7-6-11(14(18)19)12(8-16)15(20)21/h1-12H;1-8H,9H2,(H-,18,19,20,21)/q-1;/p+1. The van der Waals surface area contributed by atoms with E-state index in [2.05, 4.69) is 0 Å². The maximum atomic E-state index is 14.2. The predicted octanol–water partition coefficient (Wildman–Crippen LogP) is 12.5. The van der Waals surface area contributed by atoms with Gasteiger partial charge >= 0.3 is 61.3 Å². The zero-order chi connectivity index (χ0) is 59.3. The number of carboxylic acid groups (broad SMARTS) is 2. The number of ketones is 1. The molecule has 0 aliphatic carbocycles. The van der Waals surface area contributed by atoms with Gasteiger partial charge in [-0.2, -0.15) is 132 Å². The Morgan fingerprint density at radius 1 is 0.359 bits per heavy atom. The van der Waals surface area contributed by atoms with Crippen molar-refractivity contribution in [2.45, 2.75) is 56.0 Å². The Kier molecular flexibility index (Phi) is 16.4. The molecule has 78 heavy (non-hydrogen) atoms. The van der Waals surface area contributed by atoms with Crippen molar-refractivity contribution in [2.24, 2.45) is 0 Å². The fourth-order valence-electron chi connectivity index (χ4n) is 7.95. The van der Waals surface area contributed by atoms with Gasteiger partial charge in [-0.1, -0.05) is 78.9 Å². The van der Waals surface area contributed by atoms with Gasteiger partial charge in [0.05, 0.1) is 50.1 Å². The molecule has 0 spiro atoms. The molecular formula is C47H24BF24NO5. The molecule has 0 radical (unpaired) electrons. The Bertz CT molecular complexity index is 2800. The molecule has 0 bridgehead atoms. The topological polar surface area (TPSA) is 95.5 Å². The zero-order valence-corrected chi connectivity index (χ0v) is 37.5. The highest BCUT2D eigenvalue weighted by Crippen LogP contribution is 2.41. The molecule has 1 heterocycles. The number of nitrogens with zero attached hydrogens (tertiary/aromatic N) is 1. The summed E-state index contributed by atoms with van der Waals surface area (Å²) < 4.78 is 342. The van der Waals surface area contributed by atoms with Gasteiger partial charge in [0.25, 0.3) is 0 Å². The molecule has 1 aromatic heterocycles. The van der Waals surface area contributed by atoms with E-state index < -0.39 is 207 Å². The number of pyridine rings is 1. The number of alkyl halides is 24. The number of halogens is 24. The SMILES string of the molecule is FC(F)(F)c1cc([B-](c2cc(C(F)(F)F)cc(C(F)(F)F)c2)(c2cc(C(F)(F)F)cc(C(F)(F)F)c2)c2cc(C(F)(F)F)cc(C(F)(F)F)c2)cc(C(F)(F)F)c1.O=C(C[n+]1ccc(C(=O)O)c(C(=O)O)c1)c1ccccc1. The third kappa shape index (κ3) is 13.9. The van der Waals surface area contributed by atoms with Crippen molar-refractivity contribution in [1.29, 1.82) is 0 Å². The average molecular weight is 1150 g/mol. The van der Waals surface area contributed by atoms with E-state index >= 15 is 0 Å². The summed E-state index contributed by atoms with van der Waals surface area (Å²) in [5, 5.41) is 18.0. The number of Topliss-reactive ketones (excluding diaryl/α,β-unsaturated/α-hetero) is 1. The van der Waals surface area contributed by atoms with Crippen LogP contribution in [0.5, 0.6) is 0 Å². The highest BCUT2D eigenvalue weighted by Gasteiger charge is 2.47. The molecule has 0 amide bonds. The van der Waals surface area contributed by atoms with E-state index in [9.17, 15) is 120 Å². The molecule has 418 valence electrons. The molecule has 0 unspecified atom stereocenters. The Morgan fingerprint density at radius 2 is 0.603 bits per heavy atom. The zero-order valence-electron chi connectivity index (χ0n) is 37.5. The Morgan fingerprint density at radius 3 is 0.821 bits per heavy atom. The normalized spacial score (nSPS) is 13.2. The van der Waals surface area contributed by atoms with Crippen molar-refractivity contribution < 1.29 is 135 Å². The first kappa shape index (κ1) is 61.1. The Labute approximate surface area is 418 Å². The van der Waals surface area contributed by atoms with Gasteiger partial charge in [-0.25, -0.2) is 9.59 Å². The maximum Gasteiger partial charge on any atom is 0.416 e. The lowest BCUT2D eigenvalue weighted by molar-refractivity contribution is -0.683. The minimum Gasteiger partial charge on any atom is -0.478 e. The van der Waals surface area contributed by atoms with Gasteiger partial charge in [-0.15, -0.1) is 0 Å². The summed E-state index contributed by atoms with van der Waals surface area (Å²) in [6.45, 7) is -0.0653. The number of benzene rings is 5. The van der Waals surface area contributed by atoms with Crippen LogP contribution < -0.4 is 26.4 Å². The fourth-order valence-corrected chi connectivity index (χ4v) is 7.95. The first-order valence-electron chi connectivity index (χ1n) is 20.7. The van der Waals surface area contributed by atoms with Crippen molar-refractivity contribution in [1.82, 2.24) is 0 Å². The summed E-state index contributed by atoms with van der Waals surface area (Å²) in [6.07, 6.45) is -52.3. The number of hydrogen-bond donors (Lipinski definition) is 2. The number of hydrogen-bond acceptors (Lipinski definition) is 3. The second kappa shape index (κ2) is 20.9. The Hall–Kier alpha value is -7.76. The summed E-state index contributed by atoms with van der Waals surface area (Å²) in [5.41, 5.74) is -30.4. The van der Waals surface area contributed by atoms with E-state index in [1.807, 2.05) is 0 Å². The molecule has 0 atom stereocenters. The van der Waals surface area contributed by atoms with E-state index in [1.54, 1.807) is 30.3 Å². The van der Waals surface area contributed by atoms with Gasteiger partial charge in [-0.05, 0) is 24.3 Å². The molecule has 6 aromatic rings. The van der Waals surface area contributed by atoms with Gasteiger partial charge < -0.3 is 10.2 Å². The summed E-state index contributed by atoms with van der Waals surface area (Å²) in [5.74, 6) is -2.87. The largest absolute Gasteiger partial charge is 0.478 e. The van der Waals surface area contributed by atoms with Crippen molar-refractivity contribution >= 4 is 45.7 Å². The van der Waals surface area contributed by atoms with E-state index in [-0.39, 0.29) is 23.5 Å². The predicted molar refractivity (Wildman–Crippen MR) is 221 cm³/mol. The number of carbonyl (C=O) groups excluding carboxylic acids is 1. The van der Waals surface area contributed by atoms with Crippen molar-refractivity contribution in [3.05, 3.63) is 183 Å². The molecular weight excluding hydrogens is 1130 g/mol. The summed E-state index contributed by atoms with van der Waals surface area (Å²) in [7, 11) is 0. The smallest absolute Gasteiger partial charge is 0.416 e. The summed E-state index contributed by atoms with van der Waals surface area (Å²) >= 11 is 0. The highest BCUT2D eigenvalue weighted by atomic mass is 19.4. The number of carbonyl (C=O) groups is 3. The van der Waals surface area contributed by atoms with Crippen LogP contribution in [0.2, 0.25) is 0 Å². The van der Waals surface area contributed by atoms with Crippen LogP contribution in [0.25, 0.3) is 0 Å². The van der Waals surface area contributed by atoms with Crippen LogP contribution in [0, 0.1) is 0 Å². The minimum absolute atomic E-state index is 0.0653. The van der Waals surface area contributed by atoms with Crippen LogP contribution in [0.15, 0.2) is 122 Å². The van der Waals surface area contributed by atoms with Gasteiger partial charge in [-0.3, -0.25) is 4.79 Å². The maximum absolute atomic E-state index is 14.2. The van der Waals surface area contributed by atoms with Crippen LogP contribution in [0.4, 0.5) is 105 Å². The average Bonchev–Trinajstić information content (AvgIpc) is 3.29. The number of carboxylic acids is 2. The molecule has 6 rings (SSSR count). The monoisotopic (exact) mass is 1150 g/mol. The van der Waals surface area contributed by atoms with Gasteiger partial charge in [0.15, 0.2) is 12.4 Å². The van der Waals surface area contributed by atoms with Crippen LogP contribution in [0.1, 0.15) is 75.6 Å². The lowest BCUT2D eigenvalue weighted by atomic mass is 9.12. The first-order chi connectivity index (χ1) is 35.2. The van der Waals surface area contributed by atoms with Crippen LogP contribution in [-0.4, -0.2) is 34.1 Å². The van der Waals surface area contributed by atoms with E-state index in [1.165, 1.54) is 16.8 Å². The Balaban J connectivity index is 0.000000443. The third-order valence-electron chi connectivity index (χ3n) is 11.3. The molecule has 2 N–H and O–H groups in total. The van der Waals surface area contributed by atoms with Crippen molar-refractivity contribution in [2.75, 3.05) is 0 Å². The van der Waals surface area contributed by atoms with E-state index in [4.69, 9.17) is 10.2 Å². The third-order valence-corrected chi connectivity index (χ3v) is 11.3. The summed E-state index contributed by atoms with van der Waals surface area (Å²) in [6, 6.07) is 0.925. The van der Waals surface area contributed by atoms with Crippen LogP contribution in [-0.2, 0) is 56.0 Å². The van der Waals surface area contributed by atoms with Crippen LogP contribution >= 0.6 is 0 Å². The fraction of sp³-hybridized carbons (Fsp3) is 0.191. The molecule has 0 fully saturated rings. The molecule has 6 nitrogen and oxygen atoms in total. The number of aromatic carboxylic acids is 2. The van der Waals surface area contributed by atoms with Gasteiger partial charge in [0.1, 0.15) is 11.7 Å². The molecule has 31 heteroatoms. The second-order valence-electron chi connectivity index (χ2n) is 16.6. The van der Waals surface area contributed by atoms with Gasteiger partial charge in [0, 0.05) is 11.6 Å². The number of rotatable bonds is 9. The number of aromatic nitrogens is 1. The van der Waals surface area contributed by atoms with E-state index in [0.717, 1.165) is 6.20 Å². The van der Waals surface area contributed by atoms with Crippen molar-refractivity contribution in [3.63, 3.8) is 0 Å². The molecule has 0 saturated heterocycles.